The first-order valence-electron chi connectivity index (χ1n) is 49.1. The van der Waals surface area contributed by atoms with Gasteiger partial charge < -0.3 is 14.2 Å². The van der Waals surface area contributed by atoms with Crippen molar-refractivity contribution in [3.05, 3.63) is 609 Å². The highest BCUT2D eigenvalue weighted by atomic mass is 32.1. The van der Waals surface area contributed by atoms with Crippen molar-refractivity contribution in [1.82, 2.24) is 0 Å². The van der Waals surface area contributed by atoms with Crippen LogP contribution in [0.15, 0.2) is 502 Å². The van der Waals surface area contributed by atoms with E-state index in [1.54, 1.807) is 0 Å². The fourth-order valence-electron chi connectivity index (χ4n) is 26.6. The van der Waals surface area contributed by atoms with Crippen LogP contribution in [0.1, 0.15) is 139 Å². The summed E-state index contributed by atoms with van der Waals surface area (Å²) in [5.74, 6) is 0. The van der Waals surface area contributed by atoms with E-state index in [0.29, 0.717) is 0 Å². The van der Waals surface area contributed by atoms with Crippen LogP contribution >= 0.6 is 11.3 Å². The van der Waals surface area contributed by atoms with E-state index in [2.05, 4.69) is 523 Å². The van der Waals surface area contributed by atoms with Gasteiger partial charge in [-0.05, 0) is 258 Å². The van der Waals surface area contributed by atoms with Crippen LogP contribution in [-0.4, -0.2) is 0 Å². The first-order chi connectivity index (χ1) is 69.0. The van der Waals surface area contributed by atoms with E-state index in [-0.39, 0.29) is 10.8 Å². The summed E-state index contributed by atoms with van der Waals surface area (Å²) in [4.78, 5) is 5.05. The average molecular weight is 1800 g/mol. The Kier molecular flexibility index (Phi) is 18.0. The number of nitrogens with zero attached hydrogens (tertiary/aromatic N) is 2. The summed E-state index contributed by atoms with van der Waals surface area (Å²) in [5.41, 5.74) is 44.7. The van der Waals surface area contributed by atoms with Gasteiger partial charge in [-0.1, -0.05) is 434 Å². The molecule has 0 N–H and O–H groups in total. The third kappa shape index (κ3) is 11.3. The van der Waals surface area contributed by atoms with Gasteiger partial charge in [-0.2, -0.15) is 0 Å². The summed E-state index contributed by atoms with van der Waals surface area (Å²) in [7, 11) is 0. The minimum atomic E-state index is -0.630. The van der Waals surface area contributed by atoms with Crippen LogP contribution in [0, 0.1) is 0 Å². The molecule has 0 atom stereocenters. The normalized spacial score (nSPS) is 14.9. The zero-order chi connectivity index (χ0) is 93.0. The SMILES string of the molecule is CC1(C)c2ccccc2-c2ccc(N(c3ccc(-c4ccc5c(c4)oc4ccccc45)cc3)c3ccc4c(c3)C3(c5ccccc5-4)c4ccccc4C(c4ccccc4)(c4ccccc4)c4ccccc43)cc21.CC1(C)c2ccccc2-c2ccc(N(c3ccc4c(c3)C3(c5ccccc5-4)c4ccccc4C(c4ccccc4)(c4ccccc4)c4ccccc43)c3cccc4c3sc3ccccc34)cc21. The Labute approximate surface area is 820 Å². The fourth-order valence-corrected chi connectivity index (χ4v) is 27.8. The maximum Gasteiger partial charge on any atom is 0.136 e. The molecule has 6 aliphatic rings. The summed E-state index contributed by atoms with van der Waals surface area (Å²) >= 11 is 1.89. The average Bonchev–Trinajstić information content (AvgIpc) is 1.49. The van der Waals surface area contributed by atoms with Crippen LogP contribution in [-0.2, 0) is 32.5 Å². The number of rotatable bonds is 11. The summed E-state index contributed by atoms with van der Waals surface area (Å²) < 4.78 is 8.95. The number of thiophene rings is 1. The van der Waals surface area contributed by atoms with Gasteiger partial charge in [0.05, 0.1) is 32.0 Å². The molecule has 2 heterocycles. The standard InChI is InChI=1S/C71H49NO.C65H45NS/c1-69(2)59-26-12-9-23-53(59)55-41-38-51(44-65(55)69)72(50-36-33-46(34-37-50)47-35-40-58-57-25-11-18-32-67(57)73-68(58)43-47)52-39-42-56-54-24-10-13-27-60(54)71(66(56)45-52)63-30-16-14-28-61(63)70(48-19-5-3-6-20-48,49-21-7-4-8-22-49)62-29-15-17-31-64(62)71;1-63(2)52-28-12-9-24-46(52)48-38-36-44(40-58(48)63)66(60-34-19-27-51-50-26-11-18-35-61(50)67-62(51)60)45-37-39-49-47-25-10-13-29-53(47)65(59(49)41-45)56-32-16-14-30-54(56)64(42-20-5-3-6-21-42,43-22-7-4-8-23-43)55-31-15-17-33-57(55)65/h3-45H,1-2H3;3-41H,1-2H3. The van der Waals surface area contributed by atoms with Gasteiger partial charge in [0.1, 0.15) is 11.2 Å². The second-order valence-corrected chi connectivity index (χ2v) is 40.8. The van der Waals surface area contributed by atoms with Gasteiger partial charge in [0.2, 0.25) is 0 Å². The van der Waals surface area contributed by atoms with Crippen molar-refractivity contribution in [2.75, 3.05) is 9.80 Å². The zero-order valence-corrected chi connectivity index (χ0v) is 78.9. The Morgan fingerprint density at radius 1 is 0.186 bits per heavy atom. The van der Waals surface area contributed by atoms with Gasteiger partial charge in [0.25, 0.3) is 0 Å². The van der Waals surface area contributed by atoms with Gasteiger partial charge in [-0.3, -0.25) is 0 Å². The smallest absolute Gasteiger partial charge is 0.136 e. The van der Waals surface area contributed by atoms with Crippen LogP contribution in [0.3, 0.4) is 0 Å². The second kappa shape index (κ2) is 30.9. The van der Waals surface area contributed by atoms with Gasteiger partial charge >= 0.3 is 0 Å². The molecule has 0 saturated heterocycles. The Morgan fingerprint density at radius 3 is 0.914 bits per heavy atom. The number of para-hydroxylation sites is 1. The Morgan fingerprint density at radius 2 is 0.486 bits per heavy atom. The topological polar surface area (TPSA) is 19.6 Å². The maximum absolute atomic E-state index is 6.37. The number of benzene rings is 21. The molecular weight excluding hydrogens is 1710 g/mol. The van der Waals surface area contributed by atoms with E-state index in [9.17, 15) is 0 Å². The third-order valence-corrected chi connectivity index (χ3v) is 33.7. The Balaban J connectivity index is 0.000000138. The number of anilines is 6. The van der Waals surface area contributed by atoms with E-state index < -0.39 is 21.7 Å². The van der Waals surface area contributed by atoms with Crippen molar-refractivity contribution < 1.29 is 4.42 Å². The molecule has 4 heteroatoms. The van der Waals surface area contributed by atoms with Crippen molar-refractivity contribution in [3.63, 3.8) is 0 Å². The summed E-state index contributed by atoms with van der Waals surface area (Å²) in [6.45, 7) is 9.52. The van der Waals surface area contributed by atoms with Crippen LogP contribution < -0.4 is 9.80 Å². The highest BCUT2D eigenvalue weighted by molar-refractivity contribution is 7.26. The summed E-state index contributed by atoms with van der Waals surface area (Å²) in [6.07, 6.45) is 0. The van der Waals surface area contributed by atoms with Crippen molar-refractivity contribution in [2.24, 2.45) is 0 Å². The summed E-state index contributed by atoms with van der Waals surface area (Å²) in [5, 5.41) is 4.86. The quantitative estimate of drug-likeness (QED) is 0.129. The molecule has 0 unspecified atom stereocenters. The molecule has 2 spiro atoms. The van der Waals surface area contributed by atoms with Crippen LogP contribution in [0.4, 0.5) is 34.1 Å². The minimum absolute atomic E-state index is 0.152. The van der Waals surface area contributed by atoms with Crippen molar-refractivity contribution in [1.29, 1.82) is 0 Å². The van der Waals surface area contributed by atoms with Crippen LogP contribution in [0.2, 0.25) is 0 Å². The molecule has 0 saturated carbocycles. The Bertz CT molecular complexity index is 8850. The molecule has 140 heavy (non-hydrogen) atoms. The molecule has 21 aromatic carbocycles. The van der Waals surface area contributed by atoms with Crippen molar-refractivity contribution in [2.45, 2.75) is 60.2 Å². The number of hydrogen-bond acceptors (Lipinski definition) is 4. The molecule has 0 radical (unpaired) electrons. The van der Waals surface area contributed by atoms with Gasteiger partial charge in [0, 0.05) is 65.5 Å². The zero-order valence-electron chi connectivity index (χ0n) is 78.1. The molecule has 6 aliphatic carbocycles. The van der Waals surface area contributed by atoms with E-state index >= 15 is 0 Å². The molecule has 0 aliphatic heterocycles. The predicted molar refractivity (Wildman–Crippen MR) is 581 cm³/mol. The third-order valence-electron chi connectivity index (χ3n) is 32.5. The van der Waals surface area contributed by atoms with E-state index in [4.69, 9.17) is 4.42 Å². The maximum atomic E-state index is 6.37. The number of hydrogen-bond donors (Lipinski definition) is 0. The van der Waals surface area contributed by atoms with Crippen molar-refractivity contribution >= 4 is 87.6 Å². The highest BCUT2D eigenvalue weighted by Gasteiger charge is 2.59. The van der Waals surface area contributed by atoms with Crippen LogP contribution in [0.25, 0.3) is 97.7 Å². The Hall–Kier alpha value is -16.8. The van der Waals surface area contributed by atoms with Crippen LogP contribution in [0.5, 0.6) is 0 Å². The molecule has 29 rings (SSSR count). The van der Waals surface area contributed by atoms with Gasteiger partial charge in [-0.15, -0.1) is 11.3 Å². The first kappa shape index (κ1) is 81.6. The molecule has 0 amide bonds. The molecular formula is C136H94N2OS. The summed E-state index contributed by atoms with van der Waals surface area (Å²) in [6, 6.07) is 187. The lowest BCUT2D eigenvalue weighted by molar-refractivity contribution is 0.623. The molecule has 660 valence electrons. The molecule has 2 aromatic heterocycles. The predicted octanol–water partition coefficient (Wildman–Crippen LogP) is 35.0. The number of furan rings is 1. The monoisotopic (exact) mass is 1800 g/mol. The lowest BCUT2D eigenvalue weighted by Crippen LogP contribution is -2.44. The van der Waals surface area contributed by atoms with E-state index in [0.717, 1.165) is 61.5 Å². The lowest BCUT2D eigenvalue weighted by Gasteiger charge is -2.50. The van der Waals surface area contributed by atoms with E-state index in [1.807, 2.05) is 23.5 Å². The molecule has 0 fully saturated rings. The first-order valence-corrected chi connectivity index (χ1v) is 49.9. The lowest BCUT2D eigenvalue weighted by atomic mass is 9.51. The fraction of sp³-hybridized carbons (Fsp3) is 0.0735. The molecule has 0 bridgehead atoms. The van der Waals surface area contributed by atoms with Crippen molar-refractivity contribution in [3.8, 4) is 55.6 Å². The molecule has 23 aromatic rings. The van der Waals surface area contributed by atoms with Gasteiger partial charge in [0.15, 0.2) is 0 Å². The van der Waals surface area contributed by atoms with Gasteiger partial charge in [-0.25, -0.2) is 0 Å². The minimum Gasteiger partial charge on any atom is -0.456 e. The second-order valence-electron chi connectivity index (χ2n) is 39.8. The molecule has 3 nitrogen and oxygen atoms in total. The number of fused-ring (bicyclic) bond motifs is 30. The highest BCUT2D eigenvalue weighted by Crippen LogP contribution is 2.69. The largest absolute Gasteiger partial charge is 0.456 e. The van der Waals surface area contributed by atoms with E-state index in [1.165, 1.54) is 182 Å².